The van der Waals surface area contributed by atoms with Gasteiger partial charge in [-0.05, 0) is 177 Å². The molecule has 0 radical (unpaired) electrons. The van der Waals surface area contributed by atoms with E-state index < -0.39 is 6.85 Å². The van der Waals surface area contributed by atoms with Gasteiger partial charge in [0.15, 0.2) is 35.3 Å². The molecule has 93 heavy (non-hydrogen) atoms. The van der Waals surface area contributed by atoms with Crippen LogP contribution in [-0.4, -0.2) is 15.0 Å². The van der Waals surface area contributed by atoms with Crippen molar-refractivity contribution in [1.29, 1.82) is 0 Å². The van der Waals surface area contributed by atoms with Gasteiger partial charge in [-0.25, -0.2) is 33.0 Å². The zero-order chi connectivity index (χ0) is 67.4. The van der Waals surface area contributed by atoms with Gasteiger partial charge in [-0.1, -0.05) is 125 Å². The maximum atomic E-state index is 13.6. The van der Waals surface area contributed by atoms with E-state index in [2.05, 4.69) is 218 Å². The first-order valence-electron chi connectivity index (χ1n) is 33.4. The molecule has 0 amide bonds. The normalized spacial score (nSPS) is 12.2. The fourth-order valence-corrected chi connectivity index (χ4v) is 13.1. The molecule has 9 heterocycles. The van der Waals surface area contributed by atoms with E-state index in [0.717, 1.165) is 135 Å². The van der Waals surface area contributed by atoms with Gasteiger partial charge in [-0.2, -0.15) is 0 Å². The van der Waals surface area contributed by atoms with Gasteiger partial charge in [0.05, 0.1) is 22.3 Å². The summed E-state index contributed by atoms with van der Waals surface area (Å²) in [6.07, 6.45) is 8.33. The lowest BCUT2D eigenvalue weighted by molar-refractivity contribution is -0.660. The van der Waals surface area contributed by atoms with E-state index in [9.17, 15) is 4.39 Å². The van der Waals surface area contributed by atoms with Crippen LogP contribution in [0.2, 0.25) is 0 Å². The molecular weight excluding hydrogens is 1150 g/mol. The van der Waals surface area contributed by atoms with Crippen molar-refractivity contribution in [2.45, 2.75) is 82.0 Å². The molecule has 0 aliphatic heterocycles. The third kappa shape index (κ3) is 12.2. The lowest BCUT2D eigenvalue weighted by Crippen LogP contribution is -2.31. The highest BCUT2D eigenvalue weighted by atomic mass is 19.1. The highest BCUT2D eigenvalue weighted by Gasteiger charge is 2.27. The van der Waals surface area contributed by atoms with E-state index in [4.69, 9.17) is 17.4 Å². The summed E-state index contributed by atoms with van der Waals surface area (Å²) in [5.74, 6) is 0.987. The zero-order valence-corrected chi connectivity index (χ0v) is 54.9. The Bertz CT molecular complexity index is 5510. The van der Waals surface area contributed by atoms with E-state index in [1.54, 1.807) is 24.3 Å². The van der Waals surface area contributed by atoms with Gasteiger partial charge in [-0.3, -0.25) is 0 Å². The van der Waals surface area contributed by atoms with Gasteiger partial charge >= 0.3 is 0 Å². The molecule has 462 valence electrons. The number of furan rings is 3. The topological polar surface area (TPSA) is 89.7 Å². The van der Waals surface area contributed by atoms with Crippen molar-refractivity contribution in [3.63, 3.8) is 0 Å². The molecule has 0 aliphatic carbocycles. The molecule has 9 aromatic heterocycles. The van der Waals surface area contributed by atoms with Crippen molar-refractivity contribution in [2.75, 3.05) is 0 Å². The summed E-state index contributed by atoms with van der Waals surface area (Å²) in [6, 6.07) is 61.3. The highest BCUT2D eigenvalue weighted by molar-refractivity contribution is 6.11. The summed E-state index contributed by atoms with van der Waals surface area (Å²) in [4.78, 5) is 13.5. The molecule has 0 atom stereocenters. The first-order chi connectivity index (χ1) is 46.0. The minimum Gasteiger partial charge on any atom is -0.437 e. The summed E-state index contributed by atoms with van der Waals surface area (Å²) >= 11 is 0. The molecule has 9 nitrogen and oxygen atoms in total. The minimum atomic E-state index is -2.28. The van der Waals surface area contributed by atoms with Gasteiger partial charge in [0.2, 0.25) is 34.2 Å². The van der Waals surface area contributed by atoms with Crippen molar-refractivity contribution < 1.29 is 35.5 Å². The van der Waals surface area contributed by atoms with Crippen molar-refractivity contribution in [1.82, 2.24) is 15.0 Å². The maximum absolute atomic E-state index is 13.6. The third-order valence-electron chi connectivity index (χ3n) is 17.6. The molecule has 0 aliphatic rings. The fourth-order valence-electron chi connectivity index (χ4n) is 13.1. The molecule has 0 unspecified atom stereocenters. The Hall–Kier alpha value is -10.5. The predicted molar refractivity (Wildman–Crippen MR) is 376 cm³/mol. The number of benzene rings is 6. The summed E-state index contributed by atoms with van der Waals surface area (Å²) in [5, 5.41) is 5.99. The van der Waals surface area contributed by atoms with Crippen LogP contribution in [0.3, 0.4) is 0 Å². The smallest absolute Gasteiger partial charge is 0.227 e. The number of fused-ring (bicyclic) bond motifs is 9. The molecule has 0 saturated carbocycles. The van der Waals surface area contributed by atoms with Crippen molar-refractivity contribution in [2.24, 2.45) is 33.0 Å². The van der Waals surface area contributed by atoms with E-state index >= 15 is 0 Å². The maximum Gasteiger partial charge on any atom is 0.227 e. The summed E-state index contributed by atoms with van der Waals surface area (Å²) in [5.41, 5.74) is 25.1. The molecule has 0 N–H and O–H groups in total. The molecule has 0 spiro atoms. The molecule has 15 rings (SSSR count). The number of hydrogen-bond acceptors (Lipinski definition) is 6. The van der Waals surface area contributed by atoms with Crippen LogP contribution >= 0.6 is 0 Å². The average Bonchev–Trinajstić information content (AvgIpc) is 1.50. The van der Waals surface area contributed by atoms with Crippen molar-refractivity contribution >= 4 is 66.2 Å². The Labute approximate surface area is 547 Å². The van der Waals surface area contributed by atoms with Crippen LogP contribution < -0.4 is 13.7 Å². The van der Waals surface area contributed by atoms with Gasteiger partial charge in [0.1, 0.15) is 27.0 Å². The number of aromatic nitrogens is 6. The molecular formula is C83H78FN6O3+3. The quantitative estimate of drug-likeness (QED) is 0.127. The van der Waals surface area contributed by atoms with Crippen molar-refractivity contribution in [3.8, 4) is 67.2 Å². The molecule has 15 aromatic rings. The Balaban J connectivity index is 0.000000131. The van der Waals surface area contributed by atoms with Crippen LogP contribution in [0.25, 0.3) is 133 Å². The molecule has 0 bridgehead atoms. The van der Waals surface area contributed by atoms with E-state index in [-0.39, 0.29) is 11.5 Å². The highest BCUT2D eigenvalue weighted by Crippen LogP contribution is 2.42. The number of aryl methyl sites for hydroxylation is 9. The molecule has 10 heteroatoms. The lowest BCUT2D eigenvalue weighted by atomic mass is 9.92. The number of halogens is 1. The predicted octanol–water partition coefficient (Wildman–Crippen LogP) is 19.8. The number of pyridine rings is 6. The SMILES string of the molecule is Cc1ccc2c(n1)oc1c(-c3c(-c4cccc(CC(C)C)c4)ccc[n+]3C)c(C)ccc12.Cc1ccc2c(n1)oc1c(-c3ccc(-c4cccc(F)c4)c[n+]3C)c(C)ccc12.[2H]C([2H])([2H])c1ccc2c(n1)oc1c(-c3cc(-c4cccc(CC(C)C)c4)cc[n+]3C)c(C)ccc12. The summed E-state index contributed by atoms with van der Waals surface area (Å²) in [6.45, 7) is 17.0. The average molecular weight is 1230 g/mol. The summed E-state index contributed by atoms with van der Waals surface area (Å²) in [7, 11) is 6.14. The van der Waals surface area contributed by atoms with E-state index in [1.165, 1.54) is 39.4 Å². The first-order valence-corrected chi connectivity index (χ1v) is 31.9. The van der Waals surface area contributed by atoms with Gasteiger partial charge in [-0.15, -0.1) is 0 Å². The third-order valence-corrected chi connectivity index (χ3v) is 17.6. The number of hydrogen-bond donors (Lipinski definition) is 0. The Morgan fingerprint density at radius 3 is 1.43 bits per heavy atom. The van der Waals surface area contributed by atoms with Gasteiger partial charge in [0.25, 0.3) is 0 Å². The van der Waals surface area contributed by atoms with Crippen LogP contribution in [0.1, 0.15) is 76.7 Å². The molecule has 0 fully saturated rings. The van der Waals surface area contributed by atoms with Crippen LogP contribution in [0.15, 0.2) is 214 Å². The Kier molecular flexibility index (Phi) is 15.7. The fraction of sp³-hybridized carbons (Fsp3) is 0.205. The Morgan fingerprint density at radius 1 is 0.409 bits per heavy atom. The zero-order valence-electron chi connectivity index (χ0n) is 57.9. The second kappa shape index (κ2) is 25.3. The van der Waals surface area contributed by atoms with Crippen LogP contribution in [0.5, 0.6) is 0 Å². The van der Waals surface area contributed by atoms with Crippen LogP contribution in [0, 0.1) is 59.1 Å². The standard InChI is InChI=1S/2C29H29N2O.C25H20FN2O/c1-18(2)16-21-8-6-9-22(17-21)23-10-7-15-31(5)27(23)26-19(3)11-13-24-25-14-12-20(4)30-29(25)32-28(24)26;1-18(2)15-21-7-6-8-22(16-21)23-13-14-31(5)26(17-23)27-19(3)9-11-24-25-12-10-20(4)30-29(25)32-28(24)27;1-15-7-10-20-21-11-8-16(2)27-25(21)29-24(20)23(15)22-12-9-18(14-28(22)3)17-5-4-6-19(26)13-17/h6-15,17-18H,16H2,1-5H3;6-14,16-18H,15H2,1-5H3;4-14H,1-3H3/q3*+1/i;4D3;. The molecule has 6 aromatic carbocycles. The number of nitrogens with zero attached hydrogens (tertiary/aromatic N) is 6. The van der Waals surface area contributed by atoms with E-state index in [1.807, 2.05) is 64.5 Å². The first kappa shape index (κ1) is 57.7. The van der Waals surface area contributed by atoms with Crippen molar-refractivity contribution in [3.05, 3.63) is 251 Å². The monoisotopic (exact) mass is 1230 g/mol. The van der Waals surface area contributed by atoms with Crippen LogP contribution in [-0.2, 0) is 34.0 Å². The second-order valence-corrected chi connectivity index (χ2v) is 25.7. The Morgan fingerprint density at radius 2 is 0.882 bits per heavy atom. The largest absolute Gasteiger partial charge is 0.437 e. The van der Waals surface area contributed by atoms with Gasteiger partial charge < -0.3 is 13.3 Å². The second-order valence-electron chi connectivity index (χ2n) is 25.7. The molecule has 0 saturated heterocycles. The van der Waals surface area contributed by atoms with E-state index in [0.29, 0.717) is 29.0 Å². The van der Waals surface area contributed by atoms with Gasteiger partial charge in [0, 0.05) is 83.3 Å². The number of rotatable bonds is 10. The minimum absolute atomic E-state index is 0.0381. The van der Waals surface area contributed by atoms with Crippen LogP contribution in [0.4, 0.5) is 4.39 Å². The summed E-state index contributed by atoms with van der Waals surface area (Å²) < 4.78 is 62.0. The lowest BCUT2D eigenvalue weighted by Gasteiger charge is -2.12.